The number of amides is 1. The Morgan fingerprint density at radius 3 is 2.65 bits per heavy atom. The van der Waals surface area contributed by atoms with E-state index in [0.717, 1.165) is 48.0 Å². The van der Waals surface area contributed by atoms with Crippen molar-refractivity contribution in [2.75, 3.05) is 25.5 Å². The van der Waals surface area contributed by atoms with Crippen LogP contribution in [-0.2, 0) is 0 Å². The van der Waals surface area contributed by atoms with Crippen molar-refractivity contribution in [3.63, 3.8) is 0 Å². The van der Waals surface area contributed by atoms with Gasteiger partial charge in [-0.2, -0.15) is 0 Å². The third-order valence-electron chi connectivity index (χ3n) is 5.87. The number of oxazole rings is 1. The normalized spacial score (nSPS) is 15.3. The molecule has 31 heavy (non-hydrogen) atoms. The van der Waals surface area contributed by atoms with E-state index < -0.39 is 0 Å². The van der Waals surface area contributed by atoms with E-state index in [1.807, 2.05) is 12.1 Å². The topological polar surface area (TPSA) is 84.2 Å². The molecular formula is C24H23N5O2. The number of anilines is 1. The number of nitrogens with one attached hydrogen (secondary N) is 1. The standard InChI is InChI=1S/C24H23N5O2/c1-29-10-6-16(7-11-29)23-20-3-2-18(21-14-26-15-31-21)12-19(20)13-22(27-23)28-24(30)17-4-8-25-9-5-17/h2-5,8-9,12-16H,6-7,10-11H2,1H3,(H,27,28,30). The van der Waals surface area contributed by atoms with Crippen molar-refractivity contribution in [2.24, 2.45) is 0 Å². The number of hydrogen-bond acceptors (Lipinski definition) is 6. The molecule has 1 saturated heterocycles. The van der Waals surface area contributed by atoms with Crippen LogP contribution in [0.2, 0.25) is 0 Å². The molecule has 7 nitrogen and oxygen atoms in total. The Balaban J connectivity index is 1.56. The summed E-state index contributed by atoms with van der Waals surface area (Å²) in [5.41, 5.74) is 2.53. The predicted octanol–water partition coefficient (Wildman–Crippen LogP) is 4.35. The van der Waals surface area contributed by atoms with Crippen molar-refractivity contribution >= 4 is 22.5 Å². The number of hydrogen-bond donors (Lipinski definition) is 1. The van der Waals surface area contributed by atoms with Crippen molar-refractivity contribution in [2.45, 2.75) is 18.8 Å². The van der Waals surface area contributed by atoms with E-state index >= 15 is 0 Å². The molecular weight excluding hydrogens is 390 g/mol. The molecule has 0 unspecified atom stereocenters. The van der Waals surface area contributed by atoms with Gasteiger partial charge in [0.15, 0.2) is 12.2 Å². The first-order chi connectivity index (χ1) is 15.2. The van der Waals surface area contributed by atoms with Gasteiger partial charge >= 0.3 is 0 Å². The summed E-state index contributed by atoms with van der Waals surface area (Å²) in [4.78, 5) is 28.0. The van der Waals surface area contributed by atoms with Crippen LogP contribution in [0, 0.1) is 0 Å². The van der Waals surface area contributed by atoms with E-state index in [1.54, 1.807) is 30.7 Å². The number of aromatic nitrogens is 3. The number of likely N-dealkylation sites (tertiary alicyclic amines) is 1. The number of benzene rings is 1. The molecule has 0 saturated carbocycles. The molecule has 0 aliphatic carbocycles. The largest absolute Gasteiger partial charge is 0.444 e. The minimum absolute atomic E-state index is 0.199. The molecule has 7 heteroatoms. The lowest BCUT2D eigenvalue weighted by molar-refractivity contribution is 0.102. The summed E-state index contributed by atoms with van der Waals surface area (Å²) >= 11 is 0. The minimum Gasteiger partial charge on any atom is -0.444 e. The lowest BCUT2D eigenvalue weighted by Crippen LogP contribution is -2.29. The quantitative estimate of drug-likeness (QED) is 0.536. The highest BCUT2D eigenvalue weighted by atomic mass is 16.3. The van der Waals surface area contributed by atoms with Crippen molar-refractivity contribution < 1.29 is 9.21 Å². The van der Waals surface area contributed by atoms with Gasteiger partial charge in [-0.25, -0.2) is 9.97 Å². The van der Waals surface area contributed by atoms with E-state index in [-0.39, 0.29) is 5.91 Å². The van der Waals surface area contributed by atoms with Crippen molar-refractivity contribution in [3.8, 4) is 11.3 Å². The summed E-state index contributed by atoms with van der Waals surface area (Å²) in [5, 5.41) is 5.10. The third-order valence-corrected chi connectivity index (χ3v) is 5.87. The summed E-state index contributed by atoms with van der Waals surface area (Å²) in [6, 6.07) is 11.5. The summed E-state index contributed by atoms with van der Waals surface area (Å²) in [7, 11) is 2.15. The first kappa shape index (κ1) is 19.4. The molecule has 0 radical (unpaired) electrons. The summed E-state index contributed by atoms with van der Waals surface area (Å²) in [6.45, 7) is 2.08. The average molecular weight is 413 g/mol. The van der Waals surface area contributed by atoms with Gasteiger partial charge in [0.25, 0.3) is 5.91 Å². The minimum atomic E-state index is -0.199. The Hall–Kier alpha value is -3.58. The molecule has 4 aromatic rings. The molecule has 0 bridgehead atoms. The summed E-state index contributed by atoms with van der Waals surface area (Å²) in [5.74, 6) is 1.42. The van der Waals surface area contributed by atoms with Gasteiger partial charge in [0.05, 0.1) is 11.9 Å². The van der Waals surface area contributed by atoms with Gasteiger partial charge in [0, 0.05) is 34.8 Å². The zero-order valence-corrected chi connectivity index (χ0v) is 17.3. The average Bonchev–Trinajstić information content (AvgIpc) is 3.34. The second-order valence-corrected chi connectivity index (χ2v) is 7.96. The third kappa shape index (κ3) is 4.04. The van der Waals surface area contributed by atoms with E-state index in [0.29, 0.717) is 23.1 Å². The number of carbonyl (C=O) groups excluding carboxylic acids is 1. The van der Waals surface area contributed by atoms with Crippen LogP contribution in [0.3, 0.4) is 0 Å². The Morgan fingerprint density at radius 2 is 1.90 bits per heavy atom. The van der Waals surface area contributed by atoms with Gasteiger partial charge in [-0.1, -0.05) is 12.1 Å². The van der Waals surface area contributed by atoms with Crippen molar-refractivity contribution in [1.29, 1.82) is 0 Å². The zero-order valence-electron chi connectivity index (χ0n) is 17.3. The molecule has 5 rings (SSSR count). The second-order valence-electron chi connectivity index (χ2n) is 7.96. The Labute approximate surface area is 180 Å². The first-order valence-corrected chi connectivity index (χ1v) is 10.4. The van der Waals surface area contributed by atoms with E-state index in [2.05, 4.69) is 39.4 Å². The second kappa shape index (κ2) is 8.28. The summed E-state index contributed by atoms with van der Waals surface area (Å²) in [6.07, 6.45) is 8.43. The van der Waals surface area contributed by atoms with Crippen molar-refractivity contribution in [3.05, 3.63) is 72.6 Å². The van der Waals surface area contributed by atoms with Gasteiger partial charge in [-0.05, 0) is 62.6 Å². The van der Waals surface area contributed by atoms with Crippen LogP contribution in [0.1, 0.15) is 34.8 Å². The fourth-order valence-corrected chi connectivity index (χ4v) is 4.15. The lowest BCUT2D eigenvalue weighted by Gasteiger charge is -2.29. The van der Waals surface area contributed by atoms with E-state index in [9.17, 15) is 4.79 Å². The van der Waals surface area contributed by atoms with Crippen LogP contribution in [0.4, 0.5) is 5.82 Å². The molecule has 1 aliphatic heterocycles. The molecule has 1 aliphatic rings. The SMILES string of the molecule is CN1CCC(c2nc(NC(=O)c3ccncc3)cc3cc(-c4cnco4)ccc23)CC1. The van der Waals surface area contributed by atoms with Crippen LogP contribution >= 0.6 is 0 Å². The monoisotopic (exact) mass is 413 g/mol. The Kier molecular flexibility index (Phi) is 5.18. The van der Waals surface area contributed by atoms with Crippen LogP contribution < -0.4 is 5.32 Å². The first-order valence-electron chi connectivity index (χ1n) is 10.4. The highest BCUT2D eigenvalue weighted by Gasteiger charge is 2.23. The number of nitrogens with zero attached hydrogens (tertiary/aromatic N) is 4. The molecule has 0 atom stereocenters. The van der Waals surface area contributed by atoms with Gasteiger partial charge in [-0.15, -0.1) is 0 Å². The van der Waals surface area contributed by atoms with Crippen LogP contribution in [-0.4, -0.2) is 45.9 Å². The molecule has 1 N–H and O–H groups in total. The summed E-state index contributed by atoms with van der Waals surface area (Å²) < 4.78 is 5.47. The van der Waals surface area contributed by atoms with E-state index in [4.69, 9.17) is 9.40 Å². The van der Waals surface area contributed by atoms with Gasteiger partial charge in [-0.3, -0.25) is 9.78 Å². The number of piperidine rings is 1. The molecule has 4 heterocycles. The Bertz CT molecular complexity index is 1200. The lowest BCUT2D eigenvalue weighted by atomic mass is 9.90. The molecule has 156 valence electrons. The number of fused-ring (bicyclic) bond motifs is 1. The van der Waals surface area contributed by atoms with E-state index in [1.165, 1.54) is 6.39 Å². The molecule has 1 aromatic carbocycles. The number of rotatable bonds is 4. The Morgan fingerprint density at radius 1 is 1.10 bits per heavy atom. The zero-order chi connectivity index (χ0) is 21.2. The van der Waals surface area contributed by atoms with Gasteiger partial charge < -0.3 is 14.6 Å². The fraction of sp³-hybridized carbons (Fsp3) is 0.250. The van der Waals surface area contributed by atoms with Gasteiger partial charge in [0.1, 0.15) is 5.82 Å². The van der Waals surface area contributed by atoms with Crippen molar-refractivity contribution in [1.82, 2.24) is 19.9 Å². The fourth-order valence-electron chi connectivity index (χ4n) is 4.15. The maximum Gasteiger partial charge on any atom is 0.256 e. The number of carbonyl (C=O) groups is 1. The van der Waals surface area contributed by atoms with Crippen LogP contribution in [0.15, 0.2) is 65.8 Å². The predicted molar refractivity (Wildman–Crippen MR) is 119 cm³/mol. The molecule has 1 amide bonds. The maximum absolute atomic E-state index is 12.7. The highest BCUT2D eigenvalue weighted by Crippen LogP contribution is 2.35. The molecule has 1 fully saturated rings. The van der Waals surface area contributed by atoms with Crippen LogP contribution in [0.25, 0.3) is 22.1 Å². The molecule has 0 spiro atoms. The highest BCUT2D eigenvalue weighted by molar-refractivity contribution is 6.04. The maximum atomic E-state index is 12.7. The molecule has 3 aromatic heterocycles. The smallest absolute Gasteiger partial charge is 0.256 e. The number of pyridine rings is 2. The van der Waals surface area contributed by atoms with Crippen LogP contribution in [0.5, 0.6) is 0 Å². The van der Waals surface area contributed by atoms with Gasteiger partial charge in [0.2, 0.25) is 0 Å².